The predicted octanol–water partition coefficient (Wildman–Crippen LogP) is 1.55. The molecule has 0 radical (unpaired) electrons. The quantitative estimate of drug-likeness (QED) is 0.785. The number of nitrogens with one attached hydrogen (secondary N) is 1. The van der Waals surface area contributed by atoms with Crippen molar-refractivity contribution in [1.82, 2.24) is 15.0 Å². The largest absolute Gasteiger partial charge is 0.393 e. The third-order valence-electron chi connectivity index (χ3n) is 2.49. The van der Waals surface area contributed by atoms with E-state index in [1.165, 1.54) is 0 Å². The average Bonchev–Trinajstić information content (AvgIpc) is 2.29. The minimum Gasteiger partial charge on any atom is -0.393 e. The molecule has 0 aliphatic carbocycles. The Kier molecular flexibility index (Phi) is 6.07. The maximum Gasteiger partial charge on any atom is 0.231 e. The molecule has 1 rings (SSSR count). The summed E-state index contributed by atoms with van der Waals surface area (Å²) >= 11 is 5.87. The molecule has 18 heavy (non-hydrogen) atoms. The highest BCUT2D eigenvalue weighted by molar-refractivity contribution is 6.28. The third kappa shape index (κ3) is 4.62. The van der Waals surface area contributed by atoms with Crippen molar-refractivity contribution in [3.63, 3.8) is 0 Å². The van der Waals surface area contributed by atoms with E-state index < -0.39 is 0 Å². The van der Waals surface area contributed by atoms with Crippen LogP contribution in [0.2, 0.25) is 5.28 Å². The van der Waals surface area contributed by atoms with E-state index in [0.717, 1.165) is 13.1 Å². The number of aliphatic hydroxyl groups is 1. The molecule has 1 unspecified atom stereocenters. The molecule has 1 heterocycles. The minimum atomic E-state index is -0.350. The number of rotatable bonds is 7. The van der Waals surface area contributed by atoms with Crippen LogP contribution in [0.15, 0.2) is 0 Å². The molecule has 7 heteroatoms. The predicted molar refractivity (Wildman–Crippen MR) is 73.2 cm³/mol. The van der Waals surface area contributed by atoms with Crippen molar-refractivity contribution in [2.45, 2.75) is 33.3 Å². The summed E-state index contributed by atoms with van der Waals surface area (Å²) in [5, 5.41) is 12.4. The third-order valence-corrected chi connectivity index (χ3v) is 2.66. The molecule has 0 aromatic carbocycles. The van der Waals surface area contributed by atoms with E-state index in [0.29, 0.717) is 24.9 Å². The van der Waals surface area contributed by atoms with Gasteiger partial charge in [-0.15, -0.1) is 0 Å². The number of aromatic nitrogens is 3. The molecule has 0 aliphatic heterocycles. The van der Waals surface area contributed by atoms with Crippen molar-refractivity contribution in [2.75, 3.05) is 29.9 Å². The van der Waals surface area contributed by atoms with Crippen LogP contribution in [0.3, 0.4) is 0 Å². The standard InChI is InChI=1S/C11H20ClN5O/c1-4-17(5-2)11-15-9(12)14-10(16-11)13-7-6-8(3)18/h8,18H,4-7H2,1-3H3,(H,13,14,15,16). The van der Waals surface area contributed by atoms with Gasteiger partial charge >= 0.3 is 0 Å². The van der Waals surface area contributed by atoms with E-state index in [4.69, 9.17) is 11.6 Å². The van der Waals surface area contributed by atoms with Gasteiger partial charge in [-0.1, -0.05) is 0 Å². The topological polar surface area (TPSA) is 74.2 Å². The molecule has 0 saturated heterocycles. The van der Waals surface area contributed by atoms with Crippen molar-refractivity contribution in [1.29, 1.82) is 0 Å². The van der Waals surface area contributed by atoms with Crippen LogP contribution in [-0.2, 0) is 0 Å². The fraction of sp³-hybridized carbons (Fsp3) is 0.727. The number of anilines is 2. The van der Waals surface area contributed by atoms with Gasteiger partial charge in [-0.3, -0.25) is 0 Å². The van der Waals surface area contributed by atoms with Crippen molar-refractivity contribution < 1.29 is 5.11 Å². The summed E-state index contributed by atoms with van der Waals surface area (Å²) in [6.45, 7) is 8.01. The fourth-order valence-electron chi connectivity index (χ4n) is 1.46. The SMILES string of the molecule is CCN(CC)c1nc(Cl)nc(NCCC(C)O)n1. The van der Waals surface area contributed by atoms with Crippen LogP contribution in [0.1, 0.15) is 27.2 Å². The van der Waals surface area contributed by atoms with E-state index in [-0.39, 0.29) is 11.4 Å². The lowest BCUT2D eigenvalue weighted by Crippen LogP contribution is -2.25. The highest BCUT2D eigenvalue weighted by Crippen LogP contribution is 2.13. The van der Waals surface area contributed by atoms with E-state index in [1.807, 2.05) is 18.7 Å². The van der Waals surface area contributed by atoms with Gasteiger partial charge in [0, 0.05) is 19.6 Å². The minimum absolute atomic E-state index is 0.173. The summed E-state index contributed by atoms with van der Waals surface area (Å²) in [5.74, 6) is 1.01. The number of nitrogens with zero attached hydrogens (tertiary/aromatic N) is 4. The zero-order chi connectivity index (χ0) is 13.5. The first kappa shape index (κ1) is 14.9. The molecule has 0 amide bonds. The van der Waals surface area contributed by atoms with Crippen LogP contribution < -0.4 is 10.2 Å². The molecule has 1 atom stereocenters. The number of hydrogen-bond donors (Lipinski definition) is 2. The molecule has 102 valence electrons. The summed E-state index contributed by atoms with van der Waals surface area (Å²) in [5.41, 5.74) is 0. The Bertz CT molecular complexity index is 370. The van der Waals surface area contributed by atoms with Gasteiger partial charge in [0.05, 0.1) is 6.10 Å². The molecule has 0 fully saturated rings. The van der Waals surface area contributed by atoms with Crippen LogP contribution >= 0.6 is 11.6 Å². The summed E-state index contributed by atoms with van der Waals surface area (Å²) in [6.07, 6.45) is 0.279. The average molecular weight is 274 g/mol. The monoisotopic (exact) mass is 273 g/mol. The van der Waals surface area contributed by atoms with E-state index >= 15 is 0 Å². The second kappa shape index (κ2) is 7.33. The van der Waals surface area contributed by atoms with Gasteiger partial charge in [-0.25, -0.2) is 0 Å². The first-order valence-electron chi connectivity index (χ1n) is 6.15. The van der Waals surface area contributed by atoms with Crippen LogP contribution in [0.5, 0.6) is 0 Å². The maximum absolute atomic E-state index is 9.18. The van der Waals surface area contributed by atoms with Gasteiger partial charge in [0.2, 0.25) is 17.2 Å². The second-order valence-corrected chi connectivity index (χ2v) is 4.30. The van der Waals surface area contributed by atoms with Crippen molar-refractivity contribution in [3.8, 4) is 0 Å². The highest BCUT2D eigenvalue weighted by Gasteiger charge is 2.09. The Hall–Kier alpha value is -1.14. The molecule has 0 saturated carbocycles. The maximum atomic E-state index is 9.18. The molecule has 6 nitrogen and oxygen atoms in total. The van der Waals surface area contributed by atoms with E-state index in [2.05, 4.69) is 20.3 Å². The zero-order valence-electron chi connectivity index (χ0n) is 11.0. The van der Waals surface area contributed by atoms with Crippen LogP contribution in [0.4, 0.5) is 11.9 Å². The Morgan fingerprint density at radius 2 is 1.94 bits per heavy atom. The summed E-state index contributed by atoms with van der Waals surface area (Å²) in [4.78, 5) is 14.4. The molecular weight excluding hydrogens is 254 g/mol. The number of aliphatic hydroxyl groups excluding tert-OH is 1. The lowest BCUT2D eigenvalue weighted by atomic mass is 10.3. The smallest absolute Gasteiger partial charge is 0.231 e. The van der Waals surface area contributed by atoms with Crippen molar-refractivity contribution >= 4 is 23.5 Å². The van der Waals surface area contributed by atoms with Crippen molar-refractivity contribution in [3.05, 3.63) is 5.28 Å². The lowest BCUT2D eigenvalue weighted by Gasteiger charge is -2.18. The molecule has 1 aromatic rings. The number of halogens is 1. The first-order chi connectivity index (χ1) is 8.56. The number of hydrogen-bond acceptors (Lipinski definition) is 6. The van der Waals surface area contributed by atoms with Gasteiger partial charge in [-0.2, -0.15) is 15.0 Å². The van der Waals surface area contributed by atoms with Crippen LogP contribution in [0.25, 0.3) is 0 Å². The first-order valence-corrected chi connectivity index (χ1v) is 6.53. The Morgan fingerprint density at radius 1 is 1.28 bits per heavy atom. The molecule has 0 spiro atoms. The van der Waals surface area contributed by atoms with Gasteiger partial charge < -0.3 is 15.3 Å². The Labute approximate surface area is 112 Å². The lowest BCUT2D eigenvalue weighted by molar-refractivity contribution is 0.188. The summed E-state index contributed by atoms with van der Waals surface area (Å²) in [7, 11) is 0. The molecule has 0 bridgehead atoms. The van der Waals surface area contributed by atoms with E-state index in [1.54, 1.807) is 6.92 Å². The van der Waals surface area contributed by atoms with Gasteiger partial charge in [0.1, 0.15) is 0 Å². The second-order valence-electron chi connectivity index (χ2n) is 3.96. The fourth-order valence-corrected chi connectivity index (χ4v) is 1.62. The Balaban J connectivity index is 2.74. The van der Waals surface area contributed by atoms with Crippen LogP contribution in [-0.4, -0.2) is 45.8 Å². The van der Waals surface area contributed by atoms with Crippen molar-refractivity contribution in [2.24, 2.45) is 0 Å². The Morgan fingerprint density at radius 3 is 2.50 bits per heavy atom. The van der Waals surface area contributed by atoms with E-state index in [9.17, 15) is 5.11 Å². The molecule has 1 aromatic heterocycles. The van der Waals surface area contributed by atoms with Gasteiger partial charge in [0.15, 0.2) is 0 Å². The molecular formula is C11H20ClN5O. The van der Waals surface area contributed by atoms with Gasteiger partial charge in [0.25, 0.3) is 0 Å². The normalized spacial score (nSPS) is 12.3. The molecule has 2 N–H and O–H groups in total. The summed E-state index contributed by atoms with van der Waals surface area (Å²) in [6, 6.07) is 0. The van der Waals surface area contributed by atoms with Gasteiger partial charge in [-0.05, 0) is 38.8 Å². The zero-order valence-corrected chi connectivity index (χ0v) is 11.8. The van der Waals surface area contributed by atoms with Crippen LogP contribution in [0, 0.1) is 0 Å². The highest BCUT2D eigenvalue weighted by atomic mass is 35.5. The molecule has 0 aliphatic rings. The summed E-state index contributed by atoms with van der Waals surface area (Å²) < 4.78 is 0.